The van der Waals surface area contributed by atoms with Gasteiger partial charge in [0.15, 0.2) is 0 Å². The van der Waals surface area contributed by atoms with Crippen LogP contribution in [0.15, 0.2) is 59.1 Å². The second-order valence-corrected chi connectivity index (χ2v) is 7.37. The summed E-state index contributed by atoms with van der Waals surface area (Å²) in [5.74, 6) is -0.592. The molecule has 0 spiro atoms. The minimum atomic E-state index is -0.701. The van der Waals surface area contributed by atoms with Crippen LogP contribution in [0.1, 0.15) is 23.7 Å². The van der Waals surface area contributed by atoms with Crippen LogP contribution in [0.5, 0.6) is 5.75 Å². The fourth-order valence-electron chi connectivity index (χ4n) is 3.59. The second-order valence-electron chi connectivity index (χ2n) is 7.37. The maximum atomic E-state index is 13.9. The number of rotatable bonds is 8. The SMILES string of the molecule is CCOC(=O)Cc1cc(F)ccc1OCc1cc(-c2ccnc(CN)c2)c2oc(F)cc2c1. The highest BCUT2D eigenvalue weighted by molar-refractivity contribution is 5.93. The van der Waals surface area contributed by atoms with Gasteiger partial charge >= 0.3 is 5.97 Å². The van der Waals surface area contributed by atoms with Crippen LogP contribution >= 0.6 is 0 Å². The fraction of sp³-hybridized carbons (Fsp3) is 0.200. The van der Waals surface area contributed by atoms with Crippen LogP contribution in [0.2, 0.25) is 0 Å². The number of hydrogen-bond donors (Lipinski definition) is 1. The molecule has 2 aromatic carbocycles. The number of halogens is 2. The number of fused-ring (bicyclic) bond motifs is 1. The Morgan fingerprint density at radius 1 is 1.12 bits per heavy atom. The number of esters is 1. The van der Waals surface area contributed by atoms with Crippen molar-refractivity contribution in [3.8, 4) is 16.9 Å². The van der Waals surface area contributed by atoms with Crippen molar-refractivity contribution in [2.75, 3.05) is 6.61 Å². The van der Waals surface area contributed by atoms with Gasteiger partial charge in [-0.3, -0.25) is 9.78 Å². The Bertz CT molecular complexity index is 1300. The molecule has 0 aliphatic heterocycles. The number of nitrogens with two attached hydrogens (primary N) is 1. The van der Waals surface area contributed by atoms with Crippen molar-refractivity contribution in [1.29, 1.82) is 0 Å². The highest BCUT2D eigenvalue weighted by Crippen LogP contribution is 2.33. The van der Waals surface area contributed by atoms with Crippen molar-refractivity contribution in [3.63, 3.8) is 0 Å². The predicted molar refractivity (Wildman–Crippen MR) is 118 cm³/mol. The average molecular weight is 452 g/mol. The topological polar surface area (TPSA) is 87.6 Å². The molecule has 0 saturated heterocycles. The summed E-state index contributed by atoms with van der Waals surface area (Å²) in [4.78, 5) is 16.1. The van der Waals surface area contributed by atoms with Gasteiger partial charge in [-0.15, -0.1) is 0 Å². The molecule has 4 rings (SSSR count). The number of pyridine rings is 1. The first-order valence-electron chi connectivity index (χ1n) is 10.4. The minimum absolute atomic E-state index is 0.103. The van der Waals surface area contributed by atoms with E-state index < -0.39 is 17.8 Å². The number of nitrogens with zero attached hydrogens (tertiary/aromatic N) is 1. The summed E-state index contributed by atoms with van der Waals surface area (Å²) in [6.07, 6.45) is 1.52. The lowest BCUT2D eigenvalue weighted by Gasteiger charge is -2.13. The molecule has 0 aliphatic carbocycles. The van der Waals surface area contributed by atoms with Crippen molar-refractivity contribution in [2.45, 2.75) is 26.5 Å². The lowest BCUT2D eigenvalue weighted by atomic mass is 10.0. The van der Waals surface area contributed by atoms with Crippen LogP contribution in [-0.4, -0.2) is 17.6 Å². The molecule has 2 aromatic heterocycles. The third-order valence-electron chi connectivity index (χ3n) is 5.04. The monoisotopic (exact) mass is 452 g/mol. The van der Waals surface area contributed by atoms with Gasteiger partial charge in [-0.2, -0.15) is 4.39 Å². The molecule has 0 unspecified atom stereocenters. The van der Waals surface area contributed by atoms with Crippen molar-refractivity contribution in [3.05, 3.63) is 83.4 Å². The quantitative estimate of drug-likeness (QED) is 0.382. The zero-order valence-corrected chi connectivity index (χ0v) is 17.9. The van der Waals surface area contributed by atoms with E-state index in [-0.39, 0.29) is 26.2 Å². The van der Waals surface area contributed by atoms with Gasteiger partial charge in [-0.25, -0.2) is 4.39 Å². The van der Waals surface area contributed by atoms with Crippen molar-refractivity contribution in [2.24, 2.45) is 5.73 Å². The molecule has 0 bridgehead atoms. The highest BCUT2D eigenvalue weighted by Gasteiger charge is 2.15. The van der Waals surface area contributed by atoms with Gasteiger partial charge in [0.2, 0.25) is 0 Å². The molecular weight excluding hydrogens is 430 g/mol. The number of carbonyl (C=O) groups excluding carboxylic acids is 1. The van der Waals surface area contributed by atoms with E-state index in [0.29, 0.717) is 33.5 Å². The molecule has 8 heteroatoms. The normalized spacial score (nSPS) is 11.0. The number of aromatic nitrogens is 1. The predicted octanol–water partition coefficient (Wildman–Crippen LogP) is 4.92. The summed E-state index contributed by atoms with van der Waals surface area (Å²) in [6, 6.07) is 11.8. The van der Waals surface area contributed by atoms with Gasteiger partial charge in [0.25, 0.3) is 6.01 Å². The van der Waals surface area contributed by atoms with Gasteiger partial charge in [0, 0.05) is 35.3 Å². The van der Waals surface area contributed by atoms with E-state index >= 15 is 0 Å². The molecule has 0 saturated carbocycles. The van der Waals surface area contributed by atoms with Crippen molar-refractivity contribution < 1.29 is 27.5 Å². The molecule has 0 radical (unpaired) electrons. The molecule has 0 atom stereocenters. The third-order valence-corrected chi connectivity index (χ3v) is 5.04. The zero-order chi connectivity index (χ0) is 23.4. The first-order valence-corrected chi connectivity index (χ1v) is 10.4. The number of furan rings is 1. The average Bonchev–Trinajstić information content (AvgIpc) is 3.18. The van der Waals surface area contributed by atoms with Gasteiger partial charge < -0.3 is 19.6 Å². The third kappa shape index (κ3) is 5.18. The standard InChI is InChI=1S/C25H22F2N2O4/c1-2-31-24(30)12-17-9-19(26)3-4-22(17)32-14-15-7-18-11-23(27)33-25(18)21(8-15)16-5-6-29-20(10-16)13-28/h3-11H,2,12-14,28H2,1H3. The van der Waals surface area contributed by atoms with E-state index in [1.165, 1.54) is 24.3 Å². The Hall–Kier alpha value is -3.78. The van der Waals surface area contributed by atoms with Gasteiger partial charge in [0.05, 0.1) is 18.7 Å². The lowest BCUT2D eigenvalue weighted by molar-refractivity contribution is -0.142. The van der Waals surface area contributed by atoms with Gasteiger partial charge in [-0.05, 0) is 60.5 Å². The lowest BCUT2D eigenvalue weighted by Crippen LogP contribution is -2.09. The van der Waals surface area contributed by atoms with Crippen LogP contribution in [0.3, 0.4) is 0 Å². The Morgan fingerprint density at radius 2 is 1.97 bits per heavy atom. The van der Waals surface area contributed by atoms with E-state index in [0.717, 1.165) is 11.1 Å². The van der Waals surface area contributed by atoms with E-state index in [1.807, 2.05) is 12.1 Å². The maximum Gasteiger partial charge on any atom is 0.310 e. The number of ether oxygens (including phenoxy) is 2. The van der Waals surface area contributed by atoms with Crippen molar-refractivity contribution in [1.82, 2.24) is 4.98 Å². The Labute approximate surface area is 188 Å². The fourth-order valence-corrected chi connectivity index (χ4v) is 3.59. The van der Waals surface area contributed by atoms with E-state index in [2.05, 4.69) is 4.98 Å². The van der Waals surface area contributed by atoms with E-state index in [1.54, 1.807) is 25.3 Å². The smallest absolute Gasteiger partial charge is 0.310 e. The van der Waals surface area contributed by atoms with Crippen LogP contribution in [0.25, 0.3) is 22.1 Å². The molecule has 6 nitrogen and oxygen atoms in total. The summed E-state index contributed by atoms with van der Waals surface area (Å²) in [6.45, 7) is 2.30. The number of carbonyl (C=O) groups is 1. The Morgan fingerprint density at radius 3 is 2.76 bits per heavy atom. The van der Waals surface area contributed by atoms with Crippen LogP contribution in [0.4, 0.5) is 8.78 Å². The Kier molecular flexibility index (Phi) is 6.65. The molecule has 0 aliphatic rings. The molecule has 170 valence electrons. The van der Waals surface area contributed by atoms with Gasteiger partial charge in [-0.1, -0.05) is 0 Å². The molecular formula is C25H22F2N2O4. The minimum Gasteiger partial charge on any atom is -0.489 e. The first kappa shape index (κ1) is 22.4. The van der Waals surface area contributed by atoms with Crippen molar-refractivity contribution >= 4 is 16.9 Å². The number of benzene rings is 2. The van der Waals surface area contributed by atoms with Crippen LogP contribution < -0.4 is 10.5 Å². The van der Waals surface area contributed by atoms with Crippen LogP contribution in [0, 0.1) is 11.8 Å². The summed E-state index contributed by atoms with van der Waals surface area (Å²) >= 11 is 0. The molecule has 33 heavy (non-hydrogen) atoms. The van der Waals surface area contributed by atoms with Crippen LogP contribution in [-0.2, 0) is 29.1 Å². The largest absolute Gasteiger partial charge is 0.489 e. The first-order chi connectivity index (χ1) is 16.0. The highest BCUT2D eigenvalue weighted by atomic mass is 19.1. The van der Waals surface area contributed by atoms with E-state index in [4.69, 9.17) is 19.6 Å². The second kappa shape index (κ2) is 9.79. The summed E-state index contributed by atoms with van der Waals surface area (Å²) in [5, 5.41) is 0.570. The van der Waals surface area contributed by atoms with Gasteiger partial charge in [0.1, 0.15) is 23.8 Å². The van der Waals surface area contributed by atoms with E-state index in [9.17, 15) is 13.6 Å². The summed E-state index contributed by atoms with van der Waals surface area (Å²) < 4.78 is 43.8. The molecule has 2 N–H and O–H groups in total. The summed E-state index contributed by atoms with van der Waals surface area (Å²) in [7, 11) is 0. The Balaban J connectivity index is 1.66. The summed E-state index contributed by atoms with van der Waals surface area (Å²) in [5.41, 5.74) is 9.34. The molecule has 4 aromatic rings. The number of hydrogen-bond acceptors (Lipinski definition) is 6. The maximum absolute atomic E-state index is 13.9. The molecule has 2 heterocycles. The molecule has 0 amide bonds. The molecule has 0 fully saturated rings. The zero-order valence-electron chi connectivity index (χ0n) is 17.9.